The van der Waals surface area contributed by atoms with Gasteiger partial charge in [-0.15, -0.1) is 3.89 Å². The van der Waals surface area contributed by atoms with Gasteiger partial charge in [0, 0.05) is 13.0 Å². The summed E-state index contributed by atoms with van der Waals surface area (Å²) < 4.78 is 34.4. The second kappa shape index (κ2) is 4.53. The number of rotatable bonds is 3. The molecule has 0 aliphatic carbocycles. The maximum absolute atomic E-state index is 12.8. The van der Waals surface area contributed by atoms with E-state index in [1.165, 1.54) is 4.90 Å². The molecule has 1 aliphatic heterocycles. The van der Waals surface area contributed by atoms with E-state index in [9.17, 15) is 22.2 Å². The maximum Gasteiger partial charge on any atom is 0.307 e. The molecule has 0 spiro atoms. The van der Waals surface area contributed by atoms with Crippen LogP contribution < -0.4 is 0 Å². The van der Waals surface area contributed by atoms with Crippen LogP contribution in [0.4, 0.5) is 3.89 Å². The Bertz CT molecular complexity index is 401. The van der Waals surface area contributed by atoms with Crippen molar-refractivity contribution >= 4 is 16.1 Å². The van der Waals surface area contributed by atoms with E-state index in [-0.39, 0.29) is 25.0 Å². The number of carbonyl (C=O) groups is 1. The van der Waals surface area contributed by atoms with Crippen LogP contribution in [0.1, 0.15) is 27.2 Å². The third-order valence-corrected chi connectivity index (χ3v) is 4.18. The molecular formula is C10H18FNO4S. The van der Waals surface area contributed by atoms with Crippen molar-refractivity contribution in [2.45, 2.75) is 38.5 Å². The Labute approximate surface area is 101 Å². The van der Waals surface area contributed by atoms with Gasteiger partial charge in [-0.25, -0.2) is 0 Å². The molecule has 1 N–H and O–H groups in total. The molecule has 1 rings (SSSR count). The minimum atomic E-state index is -4.70. The van der Waals surface area contributed by atoms with Crippen molar-refractivity contribution in [1.82, 2.24) is 4.90 Å². The number of hydrogen-bond acceptors (Lipinski definition) is 4. The largest absolute Gasteiger partial charge is 0.394 e. The molecule has 0 saturated carbocycles. The van der Waals surface area contributed by atoms with E-state index in [1.54, 1.807) is 0 Å². The summed E-state index contributed by atoms with van der Waals surface area (Å²) >= 11 is 0. The summed E-state index contributed by atoms with van der Waals surface area (Å²) in [5, 5.41) is 7.99. The molecule has 1 fully saturated rings. The molecule has 1 unspecified atom stereocenters. The molecule has 0 aromatic carbocycles. The van der Waals surface area contributed by atoms with Crippen LogP contribution in [0, 0.1) is 5.41 Å². The van der Waals surface area contributed by atoms with E-state index in [0.29, 0.717) is 0 Å². The zero-order valence-electron chi connectivity index (χ0n) is 10.2. The normalized spacial score (nSPS) is 24.2. The maximum atomic E-state index is 12.8. The van der Waals surface area contributed by atoms with Crippen LogP contribution in [-0.4, -0.2) is 48.8 Å². The van der Waals surface area contributed by atoms with E-state index >= 15 is 0 Å². The van der Waals surface area contributed by atoms with Gasteiger partial charge in [-0.05, 0) is 5.41 Å². The lowest BCUT2D eigenvalue weighted by molar-refractivity contribution is -0.132. The van der Waals surface area contributed by atoms with E-state index in [4.69, 9.17) is 0 Å². The monoisotopic (exact) mass is 267 g/mol. The van der Waals surface area contributed by atoms with Crippen LogP contribution in [0.3, 0.4) is 0 Å². The average molecular weight is 267 g/mol. The lowest BCUT2D eigenvalue weighted by atomic mass is 9.86. The molecule has 1 aliphatic rings. The third kappa shape index (κ3) is 3.16. The number of likely N-dealkylation sites (tertiary alicyclic amines) is 1. The molecule has 1 saturated heterocycles. The first-order chi connectivity index (χ1) is 7.57. The van der Waals surface area contributed by atoms with E-state index in [0.717, 1.165) is 0 Å². The van der Waals surface area contributed by atoms with Crippen molar-refractivity contribution < 1.29 is 22.2 Å². The minimum absolute atomic E-state index is 0.180. The summed E-state index contributed by atoms with van der Waals surface area (Å²) in [6.07, 6.45) is -0.342. The van der Waals surface area contributed by atoms with Crippen molar-refractivity contribution in [2.75, 3.05) is 13.2 Å². The Kier molecular flexibility index (Phi) is 3.83. The number of nitrogens with zero attached hydrogens (tertiary/aromatic N) is 1. The van der Waals surface area contributed by atoms with E-state index in [2.05, 4.69) is 0 Å². The predicted octanol–water partition coefficient (Wildman–Crippen LogP) is 0.294. The van der Waals surface area contributed by atoms with E-state index < -0.39 is 27.4 Å². The zero-order chi connectivity index (χ0) is 13.4. The molecule has 1 amide bonds. The number of amides is 1. The van der Waals surface area contributed by atoms with Crippen LogP contribution in [0.25, 0.3) is 0 Å². The van der Waals surface area contributed by atoms with Gasteiger partial charge in [-0.1, -0.05) is 20.8 Å². The second-order valence-corrected chi connectivity index (χ2v) is 7.03. The summed E-state index contributed by atoms with van der Waals surface area (Å²) in [6, 6.07) is -0.498. The van der Waals surface area contributed by atoms with Crippen molar-refractivity contribution in [3.05, 3.63) is 0 Å². The highest BCUT2D eigenvalue weighted by Gasteiger charge is 2.43. The fraction of sp³-hybridized carbons (Fsp3) is 0.900. The van der Waals surface area contributed by atoms with Crippen molar-refractivity contribution in [3.8, 4) is 0 Å². The lowest BCUT2D eigenvalue weighted by Crippen LogP contribution is -2.47. The van der Waals surface area contributed by atoms with Crippen LogP contribution in [0.2, 0.25) is 0 Å². The summed E-state index contributed by atoms with van der Waals surface area (Å²) in [7, 11) is -4.70. The predicted molar refractivity (Wildman–Crippen MR) is 60.5 cm³/mol. The van der Waals surface area contributed by atoms with Crippen molar-refractivity contribution in [1.29, 1.82) is 0 Å². The molecule has 5 nitrogen and oxygen atoms in total. The van der Waals surface area contributed by atoms with Gasteiger partial charge in [0.15, 0.2) is 0 Å². The molecule has 7 heteroatoms. The highest BCUT2D eigenvalue weighted by Crippen LogP contribution is 2.30. The number of aliphatic hydroxyl groups is 1. The second-order valence-electron chi connectivity index (χ2n) is 5.41. The summed E-state index contributed by atoms with van der Waals surface area (Å²) in [5.74, 6) is -0.426. The number of hydrogen-bond donors (Lipinski definition) is 1. The van der Waals surface area contributed by atoms with Gasteiger partial charge >= 0.3 is 10.2 Å². The molecule has 0 radical (unpaired) electrons. The third-order valence-electron chi connectivity index (χ3n) is 3.07. The first-order valence-corrected chi connectivity index (χ1v) is 6.86. The highest BCUT2D eigenvalue weighted by molar-refractivity contribution is 7.87. The molecule has 0 aromatic heterocycles. The Morgan fingerprint density at radius 1 is 1.53 bits per heavy atom. The zero-order valence-corrected chi connectivity index (χ0v) is 11.0. The van der Waals surface area contributed by atoms with Gasteiger partial charge in [0.2, 0.25) is 5.91 Å². The quantitative estimate of drug-likeness (QED) is 0.746. The number of aliphatic hydroxyl groups excluding tert-OH is 1. The van der Waals surface area contributed by atoms with Gasteiger partial charge in [0.05, 0.1) is 12.6 Å². The first-order valence-electron chi connectivity index (χ1n) is 5.41. The molecule has 0 aromatic rings. The van der Waals surface area contributed by atoms with Crippen molar-refractivity contribution in [2.24, 2.45) is 5.41 Å². The van der Waals surface area contributed by atoms with Crippen LogP contribution in [0.5, 0.6) is 0 Å². The summed E-state index contributed by atoms with van der Waals surface area (Å²) in [6.45, 7) is 5.05. The highest BCUT2D eigenvalue weighted by atomic mass is 32.3. The minimum Gasteiger partial charge on any atom is -0.394 e. The fourth-order valence-corrected chi connectivity index (χ4v) is 2.71. The van der Waals surface area contributed by atoms with Crippen LogP contribution in [-0.2, 0) is 15.0 Å². The topological polar surface area (TPSA) is 74.7 Å². The van der Waals surface area contributed by atoms with Gasteiger partial charge in [-0.3, -0.25) is 4.79 Å². The number of carbonyl (C=O) groups excluding carboxylic acids is 1. The Morgan fingerprint density at radius 3 is 2.35 bits per heavy atom. The van der Waals surface area contributed by atoms with Gasteiger partial charge in [-0.2, -0.15) is 8.42 Å². The molecule has 0 bridgehead atoms. The van der Waals surface area contributed by atoms with Gasteiger partial charge < -0.3 is 10.0 Å². The molecule has 2 atom stereocenters. The smallest absolute Gasteiger partial charge is 0.307 e. The first kappa shape index (κ1) is 14.4. The van der Waals surface area contributed by atoms with Crippen LogP contribution >= 0.6 is 0 Å². The molecular weight excluding hydrogens is 249 g/mol. The Balaban J connectivity index is 2.91. The molecule has 100 valence electrons. The molecule has 17 heavy (non-hydrogen) atoms. The summed E-state index contributed by atoms with van der Waals surface area (Å²) in [4.78, 5) is 12.9. The standard InChI is InChI=1S/C10H18FNO4S/c1-10(2,3)8(6-13)12-5-7(4-9(12)14)17(11,15)16/h7-8,13H,4-6H2,1-3H3/t7?,8-/m1/s1. The average Bonchev–Trinajstić information content (AvgIpc) is 2.46. The van der Waals surface area contributed by atoms with Gasteiger partial charge in [0.25, 0.3) is 0 Å². The Morgan fingerprint density at radius 2 is 2.06 bits per heavy atom. The van der Waals surface area contributed by atoms with E-state index in [1.807, 2.05) is 20.8 Å². The molecule has 1 heterocycles. The van der Waals surface area contributed by atoms with Crippen LogP contribution in [0.15, 0.2) is 0 Å². The van der Waals surface area contributed by atoms with Crippen molar-refractivity contribution in [3.63, 3.8) is 0 Å². The number of halogens is 1. The Hall–Kier alpha value is -0.690. The summed E-state index contributed by atoms with van der Waals surface area (Å²) in [5.41, 5.74) is -0.390. The van der Waals surface area contributed by atoms with Gasteiger partial charge in [0.1, 0.15) is 5.25 Å². The lowest BCUT2D eigenvalue weighted by Gasteiger charge is -2.36. The SMILES string of the molecule is CC(C)(C)[C@@H](CO)N1CC(S(=O)(=O)F)CC1=O. The fourth-order valence-electron chi connectivity index (χ4n) is 2.03.